The molecule has 0 aliphatic heterocycles. The van der Waals surface area contributed by atoms with Gasteiger partial charge in [0.25, 0.3) is 5.91 Å². The van der Waals surface area contributed by atoms with Gasteiger partial charge in [0.15, 0.2) is 0 Å². The third-order valence-electron chi connectivity index (χ3n) is 2.82. The van der Waals surface area contributed by atoms with Crippen LogP contribution >= 0.6 is 0 Å². The van der Waals surface area contributed by atoms with Gasteiger partial charge < -0.3 is 20.3 Å². The molecule has 2 aromatic rings. The second-order valence-electron chi connectivity index (χ2n) is 4.17. The van der Waals surface area contributed by atoms with Gasteiger partial charge in [0.05, 0.1) is 23.9 Å². The molecule has 0 fully saturated rings. The molecule has 1 amide bonds. The number of aromatic carboxylic acids is 1. The number of para-hydroxylation sites is 1. The van der Waals surface area contributed by atoms with Crippen LogP contribution in [0.15, 0.2) is 42.5 Å². The number of carbonyl (C=O) groups is 2. The van der Waals surface area contributed by atoms with Crippen LogP contribution in [-0.4, -0.2) is 24.1 Å². The molecule has 0 saturated carbocycles. The molecule has 0 heterocycles. The summed E-state index contributed by atoms with van der Waals surface area (Å²) in [5.74, 6) is -1.88. The highest BCUT2D eigenvalue weighted by molar-refractivity contribution is 6.09. The lowest BCUT2D eigenvalue weighted by Gasteiger charge is -2.13. The van der Waals surface area contributed by atoms with Crippen LogP contribution in [-0.2, 0) is 0 Å². The average molecular weight is 286 g/mol. The lowest BCUT2D eigenvalue weighted by Crippen LogP contribution is -2.16. The predicted molar refractivity (Wildman–Crippen MR) is 73.8 cm³/mol. The highest BCUT2D eigenvalue weighted by atomic mass is 16.5. The average Bonchev–Trinajstić information content (AvgIpc) is 2.48. The fraction of sp³-hybridized carbons (Fsp3) is 0.0667. The summed E-state index contributed by atoms with van der Waals surface area (Å²) in [6, 6.07) is 9.95. The van der Waals surface area contributed by atoms with Crippen LogP contribution in [0.4, 0.5) is 5.69 Å². The quantitative estimate of drug-likeness (QED) is 0.891. The first kappa shape index (κ1) is 14.4. The monoisotopic (exact) mass is 286 g/mol. The van der Waals surface area contributed by atoms with Crippen molar-refractivity contribution in [2.45, 2.75) is 0 Å². The van der Waals surface area contributed by atoms with Gasteiger partial charge in [-0.3, -0.25) is 4.79 Å². The second kappa shape index (κ2) is 5.96. The van der Waals surface area contributed by atoms with Crippen LogP contribution in [0, 0.1) is 0 Å². The van der Waals surface area contributed by atoms with Crippen LogP contribution < -0.4 is 15.2 Å². The first-order valence-corrected chi connectivity index (χ1v) is 6.01. The standard InChI is InChI=1S/C15H13NO5/c1-21-13-5-3-2-4-10(13)14(18)16-12-7-6-9(17)8-11(12)15(19)20/h2-8,17H,1H3,(H,16,18)(H,19,20)/p-1. The van der Waals surface area contributed by atoms with E-state index in [2.05, 4.69) is 5.32 Å². The van der Waals surface area contributed by atoms with E-state index in [0.29, 0.717) is 5.75 Å². The summed E-state index contributed by atoms with van der Waals surface area (Å²) in [6.07, 6.45) is 0. The van der Waals surface area contributed by atoms with Crippen LogP contribution in [0.2, 0.25) is 0 Å². The summed E-state index contributed by atoms with van der Waals surface area (Å²) >= 11 is 0. The number of carboxylic acid groups (broad SMARTS) is 1. The number of nitrogens with one attached hydrogen (secondary N) is 1. The summed E-state index contributed by atoms with van der Waals surface area (Å²) in [7, 11) is 1.43. The van der Waals surface area contributed by atoms with E-state index in [1.807, 2.05) is 0 Å². The minimum Gasteiger partial charge on any atom is -0.872 e. The molecule has 0 aliphatic rings. The van der Waals surface area contributed by atoms with Gasteiger partial charge in [-0.15, -0.1) is 5.75 Å². The fourth-order valence-corrected chi connectivity index (χ4v) is 1.83. The summed E-state index contributed by atoms with van der Waals surface area (Å²) in [6.45, 7) is 0. The molecule has 0 radical (unpaired) electrons. The van der Waals surface area contributed by atoms with Crippen molar-refractivity contribution >= 4 is 17.6 Å². The van der Waals surface area contributed by atoms with Crippen molar-refractivity contribution in [3.8, 4) is 11.5 Å². The zero-order chi connectivity index (χ0) is 15.4. The van der Waals surface area contributed by atoms with Crippen LogP contribution in [0.5, 0.6) is 11.5 Å². The van der Waals surface area contributed by atoms with E-state index in [1.165, 1.54) is 19.2 Å². The van der Waals surface area contributed by atoms with Gasteiger partial charge in [-0.25, -0.2) is 4.79 Å². The maximum atomic E-state index is 12.2. The van der Waals surface area contributed by atoms with Crippen LogP contribution in [0.1, 0.15) is 20.7 Å². The Labute approximate surface area is 120 Å². The van der Waals surface area contributed by atoms with E-state index in [0.717, 1.165) is 6.07 Å². The fourth-order valence-electron chi connectivity index (χ4n) is 1.83. The number of amides is 1. The summed E-state index contributed by atoms with van der Waals surface area (Å²) < 4.78 is 5.07. The van der Waals surface area contributed by atoms with E-state index in [9.17, 15) is 14.7 Å². The van der Waals surface area contributed by atoms with Gasteiger partial charge in [-0.2, -0.15) is 0 Å². The van der Waals surface area contributed by atoms with Gasteiger partial charge in [0.1, 0.15) is 5.75 Å². The topological polar surface area (TPSA) is 98.7 Å². The summed E-state index contributed by atoms with van der Waals surface area (Å²) in [5, 5.41) is 22.7. The SMILES string of the molecule is COc1ccccc1C(=O)Nc1ccc([O-])cc1C(=O)O. The number of hydrogen-bond acceptors (Lipinski definition) is 4. The summed E-state index contributed by atoms with van der Waals surface area (Å²) in [5.41, 5.74) is 0.0614. The van der Waals surface area contributed by atoms with E-state index in [4.69, 9.17) is 9.84 Å². The predicted octanol–water partition coefficient (Wildman–Crippen LogP) is 1.72. The normalized spacial score (nSPS) is 9.95. The lowest BCUT2D eigenvalue weighted by atomic mass is 10.1. The largest absolute Gasteiger partial charge is 0.872 e. The molecule has 2 rings (SSSR count). The van der Waals surface area contributed by atoms with Crippen LogP contribution in [0.3, 0.4) is 0 Å². The van der Waals surface area contributed by atoms with Gasteiger partial charge in [0.2, 0.25) is 0 Å². The second-order valence-corrected chi connectivity index (χ2v) is 4.17. The van der Waals surface area contributed by atoms with Gasteiger partial charge in [0, 0.05) is 0 Å². The third kappa shape index (κ3) is 3.11. The molecule has 0 spiro atoms. The van der Waals surface area contributed by atoms with Crippen molar-refractivity contribution in [1.82, 2.24) is 0 Å². The van der Waals surface area contributed by atoms with Crippen molar-refractivity contribution in [1.29, 1.82) is 0 Å². The van der Waals surface area contributed by atoms with Gasteiger partial charge >= 0.3 is 5.97 Å². The first-order valence-electron chi connectivity index (χ1n) is 6.01. The number of ether oxygens (including phenoxy) is 1. The minimum atomic E-state index is -1.29. The highest BCUT2D eigenvalue weighted by Gasteiger charge is 2.15. The van der Waals surface area contributed by atoms with Crippen molar-refractivity contribution < 1.29 is 24.5 Å². The van der Waals surface area contributed by atoms with Gasteiger partial charge in [-0.05, 0) is 18.2 Å². The molecule has 0 saturated heterocycles. The van der Waals surface area contributed by atoms with Crippen molar-refractivity contribution in [2.75, 3.05) is 12.4 Å². The van der Waals surface area contributed by atoms with Crippen molar-refractivity contribution in [2.24, 2.45) is 0 Å². The maximum absolute atomic E-state index is 12.2. The molecule has 2 N–H and O–H groups in total. The van der Waals surface area contributed by atoms with Crippen LogP contribution in [0.25, 0.3) is 0 Å². The minimum absolute atomic E-state index is 0.0537. The van der Waals surface area contributed by atoms with E-state index < -0.39 is 17.6 Å². The molecule has 108 valence electrons. The number of hydrogen-bond donors (Lipinski definition) is 2. The Bertz CT molecular complexity index is 696. The Hall–Kier alpha value is -3.02. The molecule has 21 heavy (non-hydrogen) atoms. The zero-order valence-electron chi connectivity index (χ0n) is 11.1. The Morgan fingerprint density at radius 3 is 2.52 bits per heavy atom. The Balaban J connectivity index is 2.34. The van der Waals surface area contributed by atoms with Gasteiger partial charge in [-0.1, -0.05) is 24.3 Å². The number of benzene rings is 2. The molecule has 6 nitrogen and oxygen atoms in total. The van der Waals surface area contributed by atoms with E-state index in [1.54, 1.807) is 24.3 Å². The highest BCUT2D eigenvalue weighted by Crippen LogP contribution is 2.23. The number of rotatable bonds is 4. The number of anilines is 1. The Kier molecular flexibility index (Phi) is 4.08. The molecule has 0 unspecified atom stereocenters. The molecular weight excluding hydrogens is 274 g/mol. The van der Waals surface area contributed by atoms with Crippen molar-refractivity contribution in [3.63, 3.8) is 0 Å². The Morgan fingerprint density at radius 2 is 1.86 bits per heavy atom. The smallest absolute Gasteiger partial charge is 0.337 e. The lowest BCUT2D eigenvalue weighted by molar-refractivity contribution is -0.268. The molecule has 2 aromatic carbocycles. The molecule has 0 aromatic heterocycles. The summed E-state index contributed by atoms with van der Waals surface area (Å²) in [4.78, 5) is 23.3. The van der Waals surface area contributed by atoms with E-state index in [-0.39, 0.29) is 16.8 Å². The molecule has 0 bridgehead atoms. The first-order chi connectivity index (χ1) is 10.0. The molecule has 6 heteroatoms. The molecule has 0 aliphatic carbocycles. The Morgan fingerprint density at radius 1 is 1.14 bits per heavy atom. The molecular formula is C15H12NO5-. The molecule has 0 atom stereocenters. The van der Waals surface area contributed by atoms with Crippen molar-refractivity contribution in [3.05, 3.63) is 53.6 Å². The number of methoxy groups -OCH3 is 1. The third-order valence-corrected chi connectivity index (χ3v) is 2.82. The van der Waals surface area contributed by atoms with E-state index >= 15 is 0 Å². The number of carbonyl (C=O) groups excluding carboxylic acids is 1. The maximum Gasteiger partial charge on any atom is 0.337 e. The zero-order valence-corrected chi connectivity index (χ0v) is 11.1. The number of carboxylic acids is 1.